The summed E-state index contributed by atoms with van der Waals surface area (Å²) in [5.74, 6) is 0.0139. The van der Waals surface area contributed by atoms with E-state index in [1.165, 1.54) is 0 Å². The number of nitrogens with zero attached hydrogens (tertiary/aromatic N) is 3. The van der Waals surface area contributed by atoms with Crippen molar-refractivity contribution in [3.05, 3.63) is 48.5 Å². The molecule has 0 bridgehead atoms. The van der Waals surface area contributed by atoms with Gasteiger partial charge in [-0.05, 0) is 25.1 Å². The van der Waals surface area contributed by atoms with Crippen LogP contribution in [0.1, 0.15) is 16.9 Å². The van der Waals surface area contributed by atoms with Crippen molar-refractivity contribution in [2.24, 2.45) is 0 Å². The summed E-state index contributed by atoms with van der Waals surface area (Å²) in [6, 6.07) is 10.1. The zero-order chi connectivity index (χ0) is 13.9. The lowest BCUT2D eigenvalue weighted by molar-refractivity contribution is 0.0735. The van der Waals surface area contributed by atoms with Crippen LogP contribution in [0.5, 0.6) is 0 Å². The average molecular weight is 343 g/mol. The first kappa shape index (κ1) is 18.5. The normalized spacial score (nSPS) is 16.5. The molecule has 1 N–H and O–H groups in total. The molecule has 1 amide bonds. The van der Waals surface area contributed by atoms with Crippen LogP contribution in [0.3, 0.4) is 0 Å². The minimum Gasteiger partial charge on any atom is -0.336 e. The minimum absolute atomic E-state index is 0. The molecule has 0 aliphatic carbocycles. The lowest BCUT2D eigenvalue weighted by Gasteiger charge is -2.24. The van der Waals surface area contributed by atoms with Crippen LogP contribution >= 0.6 is 24.8 Å². The molecule has 1 aliphatic heterocycles. The quantitative estimate of drug-likeness (QED) is 0.929. The standard InChI is InChI=1S/C15H18N4O.2ClH/c1-18(13-7-8-16-9-13)15(20)14-10-17-11-19(14)12-5-3-2-4-6-12;;/h2-6,10-11,13,16H,7-9H2,1H3;2*1H. The van der Waals surface area contributed by atoms with Gasteiger partial charge in [-0.25, -0.2) is 4.98 Å². The predicted octanol–water partition coefficient (Wildman–Crippen LogP) is 2.15. The Labute approximate surface area is 142 Å². The monoisotopic (exact) mass is 342 g/mol. The van der Waals surface area contributed by atoms with Gasteiger partial charge in [-0.1, -0.05) is 18.2 Å². The molecule has 22 heavy (non-hydrogen) atoms. The third-order valence-electron chi connectivity index (χ3n) is 3.79. The molecule has 1 saturated heterocycles. The van der Waals surface area contributed by atoms with Gasteiger partial charge < -0.3 is 10.2 Å². The number of rotatable bonds is 3. The summed E-state index contributed by atoms with van der Waals surface area (Å²) in [4.78, 5) is 18.6. The minimum atomic E-state index is 0. The van der Waals surface area contributed by atoms with Crippen molar-refractivity contribution < 1.29 is 4.79 Å². The summed E-state index contributed by atoms with van der Waals surface area (Å²) in [7, 11) is 1.86. The molecule has 0 saturated carbocycles. The Morgan fingerprint density at radius 1 is 1.32 bits per heavy atom. The molecule has 120 valence electrons. The first-order valence-corrected chi connectivity index (χ1v) is 6.83. The fourth-order valence-corrected chi connectivity index (χ4v) is 2.56. The Bertz CT molecular complexity index is 597. The van der Waals surface area contributed by atoms with Gasteiger partial charge in [0, 0.05) is 25.3 Å². The maximum absolute atomic E-state index is 12.6. The fourth-order valence-electron chi connectivity index (χ4n) is 2.56. The Kier molecular flexibility index (Phi) is 6.87. The van der Waals surface area contributed by atoms with E-state index in [1.807, 2.05) is 46.8 Å². The largest absolute Gasteiger partial charge is 0.336 e. The number of benzene rings is 1. The average Bonchev–Trinajstić information content (AvgIpc) is 3.17. The van der Waals surface area contributed by atoms with Crippen LogP contribution in [-0.2, 0) is 0 Å². The molecule has 0 spiro atoms. The number of halogens is 2. The molecule has 1 aromatic carbocycles. The van der Waals surface area contributed by atoms with E-state index in [2.05, 4.69) is 10.3 Å². The smallest absolute Gasteiger partial charge is 0.272 e. The first-order valence-electron chi connectivity index (χ1n) is 6.83. The molecule has 7 heteroatoms. The third kappa shape index (κ3) is 3.61. The lowest BCUT2D eigenvalue weighted by Crippen LogP contribution is -2.39. The summed E-state index contributed by atoms with van der Waals surface area (Å²) in [6.07, 6.45) is 4.32. The van der Waals surface area contributed by atoms with Crippen molar-refractivity contribution in [3.63, 3.8) is 0 Å². The van der Waals surface area contributed by atoms with Crippen molar-refractivity contribution in [2.45, 2.75) is 12.5 Å². The molecular weight excluding hydrogens is 323 g/mol. The van der Waals surface area contributed by atoms with E-state index in [0.717, 1.165) is 25.2 Å². The molecule has 1 unspecified atom stereocenters. The van der Waals surface area contributed by atoms with Crippen molar-refractivity contribution >= 4 is 30.7 Å². The third-order valence-corrected chi connectivity index (χ3v) is 3.79. The fraction of sp³-hybridized carbons (Fsp3) is 0.333. The second kappa shape index (κ2) is 8.17. The zero-order valence-electron chi connectivity index (χ0n) is 12.3. The number of nitrogens with one attached hydrogen (secondary N) is 1. The summed E-state index contributed by atoms with van der Waals surface area (Å²) in [6.45, 7) is 1.84. The van der Waals surface area contributed by atoms with E-state index in [9.17, 15) is 4.79 Å². The van der Waals surface area contributed by atoms with E-state index < -0.39 is 0 Å². The number of hydrogen-bond acceptors (Lipinski definition) is 3. The van der Waals surface area contributed by atoms with Gasteiger partial charge in [0.1, 0.15) is 5.69 Å². The first-order chi connectivity index (χ1) is 9.77. The van der Waals surface area contributed by atoms with Crippen LogP contribution in [0.15, 0.2) is 42.9 Å². The van der Waals surface area contributed by atoms with E-state index >= 15 is 0 Å². The van der Waals surface area contributed by atoms with Crippen LogP contribution in [0.25, 0.3) is 5.69 Å². The van der Waals surface area contributed by atoms with Crippen LogP contribution < -0.4 is 5.32 Å². The van der Waals surface area contributed by atoms with Gasteiger partial charge in [0.05, 0.1) is 12.5 Å². The van der Waals surface area contributed by atoms with Gasteiger partial charge in [0.15, 0.2) is 0 Å². The number of aromatic nitrogens is 2. The molecule has 0 radical (unpaired) electrons. The van der Waals surface area contributed by atoms with E-state index in [4.69, 9.17) is 0 Å². The van der Waals surface area contributed by atoms with Gasteiger partial charge >= 0.3 is 0 Å². The van der Waals surface area contributed by atoms with Crippen molar-refractivity contribution in [1.82, 2.24) is 19.8 Å². The summed E-state index contributed by atoms with van der Waals surface area (Å²) < 4.78 is 1.83. The second-order valence-electron chi connectivity index (χ2n) is 5.05. The van der Waals surface area contributed by atoms with E-state index in [0.29, 0.717) is 5.69 Å². The molecule has 3 rings (SSSR count). The summed E-state index contributed by atoms with van der Waals surface area (Å²) in [5.41, 5.74) is 1.55. The number of para-hydroxylation sites is 1. The molecule has 1 aromatic heterocycles. The highest BCUT2D eigenvalue weighted by Crippen LogP contribution is 2.15. The highest BCUT2D eigenvalue weighted by molar-refractivity contribution is 5.93. The number of imidazole rings is 1. The number of carbonyl (C=O) groups excluding carboxylic acids is 1. The molecule has 1 fully saturated rings. The molecular formula is C15H20Cl2N4O. The van der Waals surface area contributed by atoms with Crippen LogP contribution in [-0.4, -0.2) is 46.5 Å². The van der Waals surface area contributed by atoms with Crippen LogP contribution in [0, 0.1) is 0 Å². The van der Waals surface area contributed by atoms with Gasteiger partial charge in [0.25, 0.3) is 5.91 Å². The molecule has 2 aromatic rings. The van der Waals surface area contributed by atoms with E-state index in [1.54, 1.807) is 12.5 Å². The van der Waals surface area contributed by atoms with E-state index in [-0.39, 0.29) is 36.8 Å². The van der Waals surface area contributed by atoms with Crippen molar-refractivity contribution in [2.75, 3.05) is 20.1 Å². The highest BCUT2D eigenvalue weighted by Gasteiger charge is 2.26. The molecule has 1 aliphatic rings. The lowest BCUT2D eigenvalue weighted by atomic mass is 10.2. The maximum atomic E-state index is 12.6. The van der Waals surface area contributed by atoms with Gasteiger partial charge in [-0.15, -0.1) is 24.8 Å². The molecule has 2 heterocycles. The molecule has 1 atom stereocenters. The Balaban J connectivity index is 0.00000121. The number of likely N-dealkylation sites (N-methyl/N-ethyl adjacent to an activating group) is 1. The Hall–Kier alpha value is -1.56. The Morgan fingerprint density at radius 3 is 2.68 bits per heavy atom. The Morgan fingerprint density at radius 2 is 2.05 bits per heavy atom. The summed E-state index contributed by atoms with van der Waals surface area (Å²) in [5, 5.41) is 3.28. The SMILES string of the molecule is CN(C(=O)c1cncn1-c1ccccc1)C1CCNC1.Cl.Cl. The second-order valence-corrected chi connectivity index (χ2v) is 5.05. The number of hydrogen-bond donors (Lipinski definition) is 1. The van der Waals surface area contributed by atoms with Crippen LogP contribution in [0.4, 0.5) is 0 Å². The highest BCUT2D eigenvalue weighted by atomic mass is 35.5. The zero-order valence-corrected chi connectivity index (χ0v) is 13.9. The van der Waals surface area contributed by atoms with Crippen molar-refractivity contribution in [3.8, 4) is 5.69 Å². The number of amides is 1. The van der Waals surface area contributed by atoms with Crippen LogP contribution in [0.2, 0.25) is 0 Å². The maximum Gasteiger partial charge on any atom is 0.272 e. The van der Waals surface area contributed by atoms with Gasteiger partial charge in [-0.2, -0.15) is 0 Å². The topological polar surface area (TPSA) is 50.2 Å². The summed E-state index contributed by atoms with van der Waals surface area (Å²) >= 11 is 0. The molecule has 5 nitrogen and oxygen atoms in total. The van der Waals surface area contributed by atoms with Gasteiger partial charge in [0.2, 0.25) is 0 Å². The predicted molar refractivity (Wildman–Crippen MR) is 91.4 cm³/mol. The van der Waals surface area contributed by atoms with Gasteiger partial charge in [-0.3, -0.25) is 9.36 Å². The number of carbonyl (C=O) groups is 1. The van der Waals surface area contributed by atoms with Crippen molar-refractivity contribution in [1.29, 1.82) is 0 Å².